The highest BCUT2D eigenvalue weighted by molar-refractivity contribution is 8.67. The van der Waals surface area contributed by atoms with Crippen LogP contribution in [0.3, 0.4) is 0 Å². The molecule has 0 aromatic heterocycles. The van der Waals surface area contributed by atoms with Crippen LogP contribution in [0.4, 0.5) is 0 Å². The highest BCUT2D eigenvalue weighted by atomic mass is 32.9. The minimum Gasteiger partial charge on any atom is -0.338 e. The molecule has 0 rings (SSSR count). The van der Waals surface area contributed by atoms with E-state index in [1.165, 1.54) is 0 Å². The van der Waals surface area contributed by atoms with E-state index in [0.717, 1.165) is 11.4 Å². The van der Waals surface area contributed by atoms with Gasteiger partial charge in [-0.3, -0.25) is 0 Å². The van der Waals surface area contributed by atoms with Crippen molar-refractivity contribution >= 4 is 28.9 Å². The number of allylic oxidation sites excluding steroid dienone is 1. The van der Waals surface area contributed by atoms with Crippen LogP contribution in [0, 0.1) is 0 Å². The zero-order valence-electron chi connectivity index (χ0n) is 5.02. The molecule has 0 spiro atoms. The Morgan fingerprint density at radius 2 is 2.22 bits per heavy atom. The summed E-state index contributed by atoms with van der Waals surface area (Å²) in [5.74, 6) is 0.584. The Kier molecular flexibility index (Phi) is 4.80. The van der Waals surface area contributed by atoms with Crippen LogP contribution in [0.5, 0.6) is 0 Å². The van der Waals surface area contributed by atoms with E-state index in [-0.39, 0.29) is 0 Å². The molecule has 0 aliphatic rings. The second-order valence-electron chi connectivity index (χ2n) is 1.36. The van der Waals surface area contributed by atoms with Crippen LogP contribution in [0.25, 0.3) is 0 Å². The van der Waals surface area contributed by atoms with Gasteiger partial charge in [-0.2, -0.15) is 0 Å². The lowest BCUT2D eigenvalue weighted by Gasteiger charge is -2.01. The topological polar surface area (TPSA) is 40.5 Å². The highest BCUT2D eigenvalue weighted by Crippen LogP contribution is 2.50. The van der Waals surface area contributed by atoms with Gasteiger partial charge in [0.05, 0.1) is 0 Å². The molecular weight excluding hydrogens is 175 g/mol. The van der Waals surface area contributed by atoms with Gasteiger partial charge in [-0.25, -0.2) is 0 Å². The molecule has 2 nitrogen and oxygen atoms in total. The van der Waals surface area contributed by atoms with E-state index >= 15 is 0 Å². The van der Waals surface area contributed by atoms with E-state index in [1.54, 1.807) is 0 Å². The Morgan fingerprint density at radius 3 is 2.56 bits per heavy atom. The van der Waals surface area contributed by atoms with Crippen molar-refractivity contribution in [3.63, 3.8) is 0 Å². The quantitative estimate of drug-likeness (QED) is 0.515. The van der Waals surface area contributed by atoms with Crippen molar-refractivity contribution in [2.45, 2.75) is 6.92 Å². The lowest BCUT2D eigenvalue weighted by molar-refractivity contribution is 0.502. The van der Waals surface area contributed by atoms with Crippen molar-refractivity contribution in [1.29, 1.82) is 0 Å². The Bertz CT molecular complexity index is 140. The Hall–Kier alpha value is 0.660. The third kappa shape index (κ3) is 8.66. The minimum absolute atomic E-state index is 0.584. The lowest BCUT2D eigenvalue weighted by Crippen LogP contribution is -1.71. The first-order valence-electron chi connectivity index (χ1n) is 2.37. The maximum Gasteiger partial charge on any atom is 0.242 e. The van der Waals surface area contributed by atoms with Crippen LogP contribution >= 0.6 is 17.1 Å². The van der Waals surface area contributed by atoms with Gasteiger partial charge < -0.3 is 9.79 Å². The normalized spacial score (nSPS) is 12.8. The summed E-state index contributed by atoms with van der Waals surface area (Å²) in [5.41, 5.74) is -3.00. The summed E-state index contributed by atoms with van der Waals surface area (Å²) in [6.07, 6.45) is 3.68. The van der Waals surface area contributed by atoms with Crippen LogP contribution in [-0.2, 0) is 11.8 Å². The second-order valence-corrected chi connectivity index (χ2v) is 7.45. The van der Waals surface area contributed by atoms with Crippen molar-refractivity contribution in [2.24, 2.45) is 0 Å². The molecule has 0 aliphatic carbocycles. The van der Waals surface area contributed by atoms with Gasteiger partial charge >= 0.3 is 0 Å². The molecule has 9 heavy (non-hydrogen) atoms. The molecular formula is C4H9O2PS2. The lowest BCUT2D eigenvalue weighted by atomic mass is 10.6. The third-order valence-corrected chi connectivity index (χ3v) is 3.66. The van der Waals surface area contributed by atoms with Gasteiger partial charge in [0.1, 0.15) is 0 Å². The maximum absolute atomic E-state index is 8.65. The van der Waals surface area contributed by atoms with E-state index < -0.39 is 5.69 Å². The standard InChI is InChI=1S/C4H9O2PS2/c1-2-3-4-9-7(5,6)8/h2-3H,4H2,1H3,(H2,5,6,8). The monoisotopic (exact) mass is 184 g/mol. The van der Waals surface area contributed by atoms with Gasteiger partial charge in [0.2, 0.25) is 5.69 Å². The van der Waals surface area contributed by atoms with Crippen LogP contribution in [-0.4, -0.2) is 15.5 Å². The molecule has 0 radical (unpaired) electrons. The summed E-state index contributed by atoms with van der Waals surface area (Å²) in [6, 6.07) is 0. The SMILES string of the molecule is CC=CCSP(O)(O)=S. The number of hydrogen-bond donors (Lipinski definition) is 2. The van der Waals surface area contributed by atoms with Crippen molar-refractivity contribution in [1.82, 2.24) is 0 Å². The zero-order chi connectivity index (χ0) is 7.33. The summed E-state index contributed by atoms with van der Waals surface area (Å²) >= 11 is 5.36. The van der Waals surface area contributed by atoms with Gasteiger partial charge in [-0.05, 0) is 18.7 Å². The van der Waals surface area contributed by atoms with E-state index in [2.05, 4.69) is 11.8 Å². The van der Waals surface area contributed by atoms with Crippen LogP contribution in [0.2, 0.25) is 0 Å². The fraction of sp³-hybridized carbons (Fsp3) is 0.500. The highest BCUT2D eigenvalue weighted by Gasteiger charge is 2.04. The Labute approximate surface area is 63.9 Å². The Morgan fingerprint density at radius 1 is 1.67 bits per heavy atom. The maximum atomic E-state index is 8.65. The molecule has 0 aromatic rings. The molecule has 0 saturated heterocycles. The molecule has 0 fully saturated rings. The average molecular weight is 184 g/mol. The van der Waals surface area contributed by atoms with Gasteiger partial charge in [0.15, 0.2) is 0 Å². The van der Waals surface area contributed by atoms with Crippen molar-refractivity contribution in [3.05, 3.63) is 12.2 Å². The molecule has 0 atom stereocenters. The van der Waals surface area contributed by atoms with E-state index in [4.69, 9.17) is 9.79 Å². The second kappa shape index (κ2) is 4.47. The first kappa shape index (κ1) is 9.66. The van der Waals surface area contributed by atoms with Gasteiger partial charge in [0, 0.05) is 5.75 Å². The molecule has 0 heterocycles. The van der Waals surface area contributed by atoms with Crippen LogP contribution in [0.15, 0.2) is 12.2 Å². The first-order chi connectivity index (χ1) is 4.06. The third-order valence-electron chi connectivity index (χ3n) is 0.575. The summed E-state index contributed by atoms with van der Waals surface area (Å²) in [6.45, 7) is 1.87. The molecule has 0 unspecified atom stereocenters. The molecule has 0 aliphatic heterocycles. The van der Waals surface area contributed by atoms with Gasteiger partial charge in [0.25, 0.3) is 0 Å². The molecule has 0 amide bonds. The largest absolute Gasteiger partial charge is 0.338 e. The zero-order valence-corrected chi connectivity index (χ0v) is 7.55. The molecule has 5 heteroatoms. The van der Waals surface area contributed by atoms with E-state index in [9.17, 15) is 0 Å². The average Bonchev–Trinajstić information content (AvgIpc) is 1.63. The molecule has 0 aromatic carbocycles. The van der Waals surface area contributed by atoms with Crippen LogP contribution < -0.4 is 0 Å². The first-order valence-corrected chi connectivity index (χ1v) is 6.67. The van der Waals surface area contributed by atoms with Crippen molar-refractivity contribution < 1.29 is 9.79 Å². The van der Waals surface area contributed by atoms with Gasteiger partial charge in [-0.15, -0.1) is 0 Å². The Balaban J connectivity index is 3.40. The molecule has 2 N–H and O–H groups in total. The number of hydrogen-bond acceptors (Lipinski definition) is 2. The van der Waals surface area contributed by atoms with Crippen LogP contribution in [0.1, 0.15) is 6.92 Å². The molecule has 0 saturated carbocycles. The summed E-state index contributed by atoms with van der Waals surface area (Å²) in [4.78, 5) is 17.3. The smallest absolute Gasteiger partial charge is 0.242 e. The molecule has 0 bridgehead atoms. The van der Waals surface area contributed by atoms with Gasteiger partial charge in [-0.1, -0.05) is 23.5 Å². The summed E-state index contributed by atoms with van der Waals surface area (Å²) in [5, 5.41) is 0. The fourth-order valence-corrected chi connectivity index (χ4v) is 2.10. The predicted molar refractivity (Wildman–Crippen MR) is 46.0 cm³/mol. The van der Waals surface area contributed by atoms with E-state index in [1.807, 2.05) is 19.1 Å². The summed E-state index contributed by atoms with van der Waals surface area (Å²) in [7, 11) is 0. The van der Waals surface area contributed by atoms with E-state index in [0.29, 0.717) is 5.75 Å². The molecule has 54 valence electrons. The number of rotatable bonds is 3. The fourth-order valence-electron chi connectivity index (χ4n) is 0.236. The predicted octanol–water partition coefficient (Wildman–Crippen LogP) is 1.50. The van der Waals surface area contributed by atoms with Crippen molar-refractivity contribution in [3.8, 4) is 0 Å². The minimum atomic E-state index is -3.00. The van der Waals surface area contributed by atoms with Crippen molar-refractivity contribution in [2.75, 3.05) is 5.75 Å². The summed E-state index contributed by atoms with van der Waals surface area (Å²) < 4.78 is 0.